The van der Waals surface area contributed by atoms with Gasteiger partial charge < -0.3 is 0 Å². The summed E-state index contributed by atoms with van der Waals surface area (Å²) in [5.74, 6) is 0. The fourth-order valence-corrected chi connectivity index (χ4v) is 3.89. The molecule has 0 aliphatic heterocycles. The van der Waals surface area contributed by atoms with Crippen molar-refractivity contribution in [3.63, 3.8) is 0 Å². The van der Waals surface area contributed by atoms with Crippen molar-refractivity contribution >= 4 is 8.07 Å². The van der Waals surface area contributed by atoms with Crippen LogP contribution in [0.3, 0.4) is 0 Å². The van der Waals surface area contributed by atoms with Crippen LogP contribution >= 0.6 is 0 Å². The quantitative estimate of drug-likeness (QED) is 0.417. The third-order valence-electron chi connectivity index (χ3n) is 1.91. The van der Waals surface area contributed by atoms with Crippen LogP contribution in [-0.4, -0.2) is 8.07 Å². The normalized spacial score (nSPS) is 10.6. The fraction of sp³-hybridized carbons (Fsp3) is 0.400. The van der Waals surface area contributed by atoms with E-state index in [1.165, 1.54) is 18.1 Å². The Kier molecular flexibility index (Phi) is 4.87. The summed E-state index contributed by atoms with van der Waals surface area (Å²) in [5.41, 5.74) is 0. The monoisotopic (exact) mass is 166 g/mol. The van der Waals surface area contributed by atoms with Crippen molar-refractivity contribution in [3.05, 3.63) is 38.0 Å². The van der Waals surface area contributed by atoms with Crippen LogP contribution in [0.2, 0.25) is 24.7 Å². The third-order valence-corrected chi connectivity index (χ3v) is 5.73. The van der Waals surface area contributed by atoms with E-state index in [1.54, 1.807) is 0 Å². The average molecular weight is 166 g/mol. The summed E-state index contributed by atoms with van der Waals surface area (Å²) < 4.78 is 0. The van der Waals surface area contributed by atoms with Crippen LogP contribution in [0, 0.1) is 0 Å². The lowest BCUT2D eigenvalue weighted by molar-refractivity contribution is 1.35. The van der Waals surface area contributed by atoms with E-state index in [9.17, 15) is 0 Å². The summed E-state index contributed by atoms with van der Waals surface area (Å²) in [6.07, 6.45) is 6.08. The van der Waals surface area contributed by atoms with Gasteiger partial charge in [-0.3, -0.25) is 0 Å². The lowest BCUT2D eigenvalue weighted by atomic mass is 10.7. The molecule has 0 fully saturated rings. The SMILES string of the molecule is C=CC[Si](C)(CC=C)CC=C. The van der Waals surface area contributed by atoms with E-state index >= 15 is 0 Å². The van der Waals surface area contributed by atoms with Crippen molar-refractivity contribution in [2.45, 2.75) is 24.7 Å². The van der Waals surface area contributed by atoms with Gasteiger partial charge in [0.05, 0.1) is 8.07 Å². The van der Waals surface area contributed by atoms with Crippen LogP contribution < -0.4 is 0 Å². The van der Waals surface area contributed by atoms with Gasteiger partial charge in [0, 0.05) is 0 Å². The zero-order valence-electron chi connectivity index (χ0n) is 7.47. The zero-order chi connectivity index (χ0) is 8.74. The van der Waals surface area contributed by atoms with E-state index in [-0.39, 0.29) is 0 Å². The molecule has 11 heavy (non-hydrogen) atoms. The van der Waals surface area contributed by atoms with Gasteiger partial charge in [0.25, 0.3) is 0 Å². The molecule has 0 aliphatic rings. The molecule has 0 radical (unpaired) electrons. The standard InChI is InChI=1S/C10H18Si/c1-5-8-11(4,9-6-2)10-7-3/h5-7H,1-3,8-10H2,4H3. The maximum absolute atomic E-state index is 3.78. The number of allylic oxidation sites excluding steroid dienone is 3. The van der Waals surface area contributed by atoms with Crippen molar-refractivity contribution in [2.24, 2.45) is 0 Å². The second-order valence-electron chi connectivity index (χ2n) is 3.29. The third kappa shape index (κ3) is 3.99. The number of hydrogen-bond acceptors (Lipinski definition) is 0. The van der Waals surface area contributed by atoms with E-state index < -0.39 is 8.07 Å². The molecule has 0 atom stereocenters. The van der Waals surface area contributed by atoms with Gasteiger partial charge in [-0.1, -0.05) is 24.8 Å². The Bertz CT molecular complexity index is 120. The Labute approximate surface area is 71.3 Å². The van der Waals surface area contributed by atoms with Crippen molar-refractivity contribution in [1.29, 1.82) is 0 Å². The summed E-state index contributed by atoms with van der Waals surface area (Å²) in [4.78, 5) is 0. The number of rotatable bonds is 6. The van der Waals surface area contributed by atoms with E-state index in [2.05, 4.69) is 26.3 Å². The lowest BCUT2D eigenvalue weighted by Crippen LogP contribution is -2.26. The maximum atomic E-state index is 3.78. The first-order valence-corrected chi connectivity index (χ1v) is 7.13. The van der Waals surface area contributed by atoms with Crippen LogP contribution in [0.4, 0.5) is 0 Å². The van der Waals surface area contributed by atoms with Gasteiger partial charge in [0.1, 0.15) is 0 Å². The lowest BCUT2D eigenvalue weighted by Gasteiger charge is -2.22. The molecule has 1 heteroatoms. The van der Waals surface area contributed by atoms with Crippen LogP contribution in [0.15, 0.2) is 38.0 Å². The second kappa shape index (κ2) is 5.14. The van der Waals surface area contributed by atoms with Gasteiger partial charge in [-0.2, -0.15) is 0 Å². The second-order valence-corrected chi connectivity index (χ2v) is 8.14. The van der Waals surface area contributed by atoms with Gasteiger partial charge in [-0.25, -0.2) is 0 Å². The molecule has 0 saturated heterocycles. The Balaban J connectivity index is 4.09. The zero-order valence-corrected chi connectivity index (χ0v) is 8.47. The molecule has 0 aromatic rings. The molecule has 62 valence electrons. The predicted molar refractivity (Wildman–Crippen MR) is 56.6 cm³/mol. The van der Waals surface area contributed by atoms with Crippen molar-refractivity contribution in [2.75, 3.05) is 0 Å². The van der Waals surface area contributed by atoms with Crippen LogP contribution in [-0.2, 0) is 0 Å². The topological polar surface area (TPSA) is 0 Å². The highest BCUT2D eigenvalue weighted by atomic mass is 28.3. The Morgan fingerprint density at radius 1 is 0.909 bits per heavy atom. The Morgan fingerprint density at radius 2 is 1.18 bits per heavy atom. The summed E-state index contributed by atoms with van der Waals surface area (Å²) in [5, 5.41) is 0. The van der Waals surface area contributed by atoms with E-state index in [4.69, 9.17) is 0 Å². The molecule has 0 aromatic carbocycles. The molecule has 0 nitrogen and oxygen atoms in total. The highest BCUT2D eigenvalue weighted by Gasteiger charge is 2.21. The smallest absolute Gasteiger partial charge is 0.0617 e. The average Bonchev–Trinajstić information content (AvgIpc) is 1.88. The molecule has 0 bridgehead atoms. The van der Waals surface area contributed by atoms with Gasteiger partial charge >= 0.3 is 0 Å². The molecule has 0 heterocycles. The van der Waals surface area contributed by atoms with E-state index in [0.29, 0.717) is 0 Å². The van der Waals surface area contributed by atoms with Gasteiger partial charge in [0.15, 0.2) is 0 Å². The largest absolute Gasteiger partial charge is 0.103 e. The van der Waals surface area contributed by atoms with Gasteiger partial charge in [-0.05, 0) is 18.1 Å². The Morgan fingerprint density at radius 3 is 1.36 bits per heavy atom. The van der Waals surface area contributed by atoms with Crippen molar-refractivity contribution in [3.8, 4) is 0 Å². The molecular weight excluding hydrogens is 148 g/mol. The molecular formula is C10H18Si. The molecule has 0 N–H and O–H groups in total. The highest BCUT2D eigenvalue weighted by Crippen LogP contribution is 2.21. The molecule has 0 spiro atoms. The molecule has 0 rings (SSSR count). The van der Waals surface area contributed by atoms with Crippen LogP contribution in [0.1, 0.15) is 0 Å². The number of hydrogen-bond donors (Lipinski definition) is 0. The summed E-state index contributed by atoms with van der Waals surface area (Å²) in [6, 6.07) is 3.51. The Hall–Kier alpha value is -0.563. The van der Waals surface area contributed by atoms with Crippen LogP contribution in [0.5, 0.6) is 0 Å². The first-order chi connectivity index (χ1) is 5.18. The predicted octanol–water partition coefficient (Wildman–Crippen LogP) is 3.62. The van der Waals surface area contributed by atoms with Gasteiger partial charge in [-0.15, -0.1) is 19.7 Å². The molecule has 0 amide bonds. The summed E-state index contributed by atoms with van der Waals surface area (Å²) in [6.45, 7) is 13.7. The first kappa shape index (κ1) is 10.4. The minimum Gasteiger partial charge on any atom is -0.103 e. The molecule has 0 aromatic heterocycles. The van der Waals surface area contributed by atoms with Gasteiger partial charge in [0.2, 0.25) is 0 Å². The van der Waals surface area contributed by atoms with Crippen molar-refractivity contribution in [1.82, 2.24) is 0 Å². The summed E-state index contributed by atoms with van der Waals surface area (Å²) >= 11 is 0. The minimum atomic E-state index is -1.10. The van der Waals surface area contributed by atoms with Crippen LogP contribution in [0.25, 0.3) is 0 Å². The first-order valence-electron chi connectivity index (χ1n) is 4.01. The molecule has 0 saturated carbocycles. The van der Waals surface area contributed by atoms with E-state index in [1.807, 2.05) is 18.2 Å². The summed E-state index contributed by atoms with van der Waals surface area (Å²) in [7, 11) is -1.10. The highest BCUT2D eigenvalue weighted by molar-refractivity contribution is 6.79. The maximum Gasteiger partial charge on any atom is 0.0617 e. The minimum absolute atomic E-state index is 1.10. The molecule has 0 unspecified atom stereocenters. The molecule has 0 aliphatic carbocycles. The van der Waals surface area contributed by atoms with Crippen molar-refractivity contribution < 1.29 is 0 Å². The fourth-order valence-electron chi connectivity index (χ4n) is 1.30. The van der Waals surface area contributed by atoms with E-state index in [0.717, 1.165) is 0 Å².